The largest absolute Gasteiger partial charge is 0.292 e. The van der Waals surface area contributed by atoms with E-state index in [1.54, 1.807) is 6.08 Å². The van der Waals surface area contributed by atoms with Gasteiger partial charge in [0.25, 0.3) is 0 Å². The number of fused-ring (bicyclic) bond motifs is 5. The standard InChI is InChI=1S/C53H36N2/c1-3-49-50(4-2)55(40-19-9-6-10-20-40)53(54-49)37-29-27-36(28-30-37)51-43-23-13-15-25-45(43)52(46-26-16-14-24-44(46)51)39-32-31-38-33-47(35-17-7-5-8-18-35)41-21-11-12-22-42(41)48(38)34-39/h3-34H,1-2H2. The second-order valence-corrected chi connectivity index (χ2v) is 14.0. The molecule has 9 aromatic carbocycles. The summed E-state index contributed by atoms with van der Waals surface area (Å²) in [5.41, 5.74) is 11.1. The Hall–Kier alpha value is -7.29. The molecule has 0 saturated carbocycles. The first kappa shape index (κ1) is 32.4. The molecule has 0 atom stereocenters. The maximum Gasteiger partial charge on any atom is 0.145 e. The first-order chi connectivity index (χ1) is 27.2. The fraction of sp³-hybridized carbons (Fsp3) is 0. The minimum absolute atomic E-state index is 0.809. The highest BCUT2D eigenvalue weighted by Crippen LogP contribution is 2.45. The van der Waals surface area contributed by atoms with Gasteiger partial charge in [-0.2, -0.15) is 0 Å². The smallest absolute Gasteiger partial charge is 0.145 e. The molecule has 2 nitrogen and oxygen atoms in total. The summed E-state index contributed by atoms with van der Waals surface area (Å²) >= 11 is 0. The van der Waals surface area contributed by atoms with Crippen molar-refractivity contribution in [2.24, 2.45) is 0 Å². The van der Waals surface area contributed by atoms with Crippen LogP contribution >= 0.6 is 0 Å². The second-order valence-electron chi connectivity index (χ2n) is 14.0. The molecule has 0 spiro atoms. The van der Waals surface area contributed by atoms with E-state index in [-0.39, 0.29) is 0 Å². The Labute approximate surface area is 320 Å². The molecule has 0 N–H and O–H groups in total. The summed E-state index contributed by atoms with van der Waals surface area (Å²) < 4.78 is 2.16. The van der Waals surface area contributed by atoms with Gasteiger partial charge in [-0.25, -0.2) is 4.98 Å². The molecule has 10 rings (SSSR count). The molecule has 0 aliphatic carbocycles. The number of nitrogens with zero attached hydrogens (tertiary/aromatic N) is 2. The summed E-state index contributed by atoms with van der Waals surface area (Å²) in [6, 6.07) is 65.8. The average Bonchev–Trinajstić information content (AvgIpc) is 3.65. The van der Waals surface area contributed by atoms with Gasteiger partial charge in [0, 0.05) is 11.3 Å². The van der Waals surface area contributed by atoms with Crippen molar-refractivity contribution in [3.05, 3.63) is 207 Å². The topological polar surface area (TPSA) is 17.8 Å². The van der Waals surface area contributed by atoms with Crippen LogP contribution in [0.5, 0.6) is 0 Å². The van der Waals surface area contributed by atoms with E-state index < -0.39 is 0 Å². The lowest BCUT2D eigenvalue weighted by atomic mass is 9.85. The first-order valence-corrected chi connectivity index (χ1v) is 18.7. The van der Waals surface area contributed by atoms with Gasteiger partial charge in [0.15, 0.2) is 0 Å². The Morgan fingerprint density at radius 3 is 1.51 bits per heavy atom. The average molecular weight is 701 g/mol. The van der Waals surface area contributed by atoms with Gasteiger partial charge in [-0.15, -0.1) is 0 Å². The van der Waals surface area contributed by atoms with Crippen molar-refractivity contribution < 1.29 is 0 Å². The molecule has 0 unspecified atom stereocenters. The molecule has 0 aliphatic rings. The lowest BCUT2D eigenvalue weighted by Crippen LogP contribution is -1.99. The van der Waals surface area contributed by atoms with E-state index >= 15 is 0 Å². The van der Waals surface area contributed by atoms with Crippen LogP contribution in [0.3, 0.4) is 0 Å². The highest BCUT2D eigenvalue weighted by molar-refractivity contribution is 6.22. The van der Waals surface area contributed by atoms with E-state index in [1.165, 1.54) is 70.9 Å². The number of benzene rings is 9. The molecule has 0 radical (unpaired) electrons. The van der Waals surface area contributed by atoms with Crippen LogP contribution in [0.2, 0.25) is 0 Å². The Morgan fingerprint density at radius 2 is 0.909 bits per heavy atom. The highest BCUT2D eigenvalue weighted by Gasteiger charge is 2.20. The number of aromatic nitrogens is 2. The number of para-hydroxylation sites is 1. The minimum Gasteiger partial charge on any atom is -0.292 e. The van der Waals surface area contributed by atoms with Gasteiger partial charge in [0.1, 0.15) is 5.82 Å². The van der Waals surface area contributed by atoms with Crippen molar-refractivity contribution in [2.45, 2.75) is 0 Å². The Bertz CT molecular complexity index is 3040. The van der Waals surface area contributed by atoms with Crippen molar-refractivity contribution in [3.63, 3.8) is 0 Å². The maximum absolute atomic E-state index is 5.03. The van der Waals surface area contributed by atoms with E-state index in [4.69, 9.17) is 4.98 Å². The molecule has 55 heavy (non-hydrogen) atoms. The molecule has 0 bridgehead atoms. The van der Waals surface area contributed by atoms with Crippen molar-refractivity contribution >= 4 is 55.2 Å². The Kier molecular flexibility index (Phi) is 7.82. The SMILES string of the molecule is C=Cc1nc(-c2ccc(-c3c4ccccc4c(-c4ccc5cc(-c6ccccc6)c6ccccc6c5c4)c4ccccc34)cc2)n(-c2ccccc2)c1C=C. The van der Waals surface area contributed by atoms with Crippen LogP contribution in [-0.2, 0) is 0 Å². The summed E-state index contributed by atoms with van der Waals surface area (Å²) in [4.78, 5) is 5.03. The molecule has 1 heterocycles. The Morgan fingerprint density at radius 1 is 0.400 bits per heavy atom. The zero-order valence-corrected chi connectivity index (χ0v) is 30.3. The lowest BCUT2D eigenvalue weighted by Gasteiger charge is -2.19. The van der Waals surface area contributed by atoms with E-state index in [9.17, 15) is 0 Å². The van der Waals surface area contributed by atoms with Crippen molar-refractivity contribution in [3.8, 4) is 50.5 Å². The number of imidazole rings is 1. The quantitative estimate of drug-likeness (QED) is 0.120. The molecule has 2 heteroatoms. The van der Waals surface area contributed by atoms with Crippen molar-refractivity contribution in [2.75, 3.05) is 0 Å². The second kappa shape index (κ2) is 13.3. The van der Waals surface area contributed by atoms with Gasteiger partial charge in [0.2, 0.25) is 0 Å². The van der Waals surface area contributed by atoms with E-state index in [0.29, 0.717) is 0 Å². The zero-order chi connectivity index (χ0) is 36.9. The molecule has 0 fully saturated rings. The molecule has 258 valence electrons. The van der Waals surface area contributed by atoms with Crippen LogP contribution in [0.1, 0.15) is 11.4 Å². The minimum atomic E-state index is 0.809. The fourth-order valence-electron chi connectivity index (χ4n) is 8.48. The highest BCUT2D eigenvalue weighted by atomic mass is 15.1. The maximum atomic E-state index is 5.03. The number of hydrogen-bond donors (Lipinski definition) is 0. The third kappa shape index (κ3) is 5.30. The molecular formula is C53H36N2. The van der Waals surface area contributed by atoms with Gasteiger partial charge < -0.3 is 0 Å². The van der Waals surface area contributed by atoms with E-state index in [0.717, 1.165) is 34.0 Å². The van der Waals surface area contributed by atoms with Crippen LogP contribution < -0.4 is 0 Å². The van der Waals surface area contributed by atoms with E-state index in [1.807, 2.05) is 24.3 Å². The molecule has 0 saturated heterocycles. The summed E-state index contributed by atoms with van der Waals surface area (Å²) in [6.45, 7) is 8.15. The van der Waals surface area contributed by atoms with E-state index in [2.05, 4.69) is 182 Å². The first-order valence-electron chi connectivity index (χ1n) is 18.7. The summed E-state index contributed by atoms with van der Waals surface area (Å²) in [5, 5.41) is 9.93. The molecule has 0 amide bonds. The summed E-state index contributed by atoms with van der Waals surface area (Å²) in [6.07, 6.45) is 3.66. The van der Waals surface area contributed by atoms with Gasteiger partial charge in [-0.3, -0.25) is 4.57 Å². The third-order valence-electron chi connectivity index (χ3n) is 10.9. The number of rotatable bonds is 7. The lowest BCUT2D eigenvalue weighted by molar-refractivity contribution is 1.05. The molecule has 0 aliphatic heterocycles. The number of hydrogen-bond acceptors (Lipinski definition) is 1. The van der Waals surface area contributed by atoms with Crippen molar-refractivity contribution in [1.82, 2.24) is 9.55 Å². The zero-order valence-electron chi connectivity index (χ0n) is 30.3. The molecule has 1 aromatic heterocycles. The van der Waals surface area contributed by atoms with Crippen LogP contribution in [0.25, 0.3) is 106 Å². The normalized spacial score (nSPS) is 11.4. The fourth-order valence-corrected chi connectivity index (χ4v) is 8.48. The monoisotopic (exact) mass is 700 g/mol. The predicted octanol–water partition coefficient (Wildman–Crippen LogP) is 14.4. The molecular weight excluding hydrogens is 665 g/mol. The summed E-state index contributed by atoms with van der Waals surface area (Å²) in [7, 11) is 0. The predicted molar refractivity (Wildman–Crippen MR) is 236 cm³/mol. The van der Waals surface area contributed by atoms with Gasteiger partial charge >= 0.3 is 0 Å². The molecule has 10 aromatic rings. The van der Waals surface area contributed by atoms with Crippen LogP contribution in [0, 0.1) is 0 Å². The van der Waals surface area contributed by atoms with Gasteiger partial charge in [-0.05, 0) is 113 Å². The van der Waals surface area contributed by atoms with Crippen LogP contribution in [0.4, 0.5) is 0 Å². The van der Waals surface area contributed by atoms with Gasteiger partial charge in [0.05, 0.1) is 11.4 Å². The van der Waals surface area contributed by atoms with Crippen LogP contribution in [0.15, 0.2) is 195 Å². The van der Waals surface area contributed by atoms with Crippen LogP contribution in [-0.4, -0.2) is 9.55 Å². The third-order valence-corrected chi connectivity index (χ3v) is 10.9. The Balaban J connectivity index is 1.16. The van der Waals surface area contributed by atoms with Crippen molar-refractivity contribution in [1.29, 1.82) is 0 Å². The summed E-state index contributed by atoms with van der Waals surface area (Å²) in [5.74, 6) is 0.854. The van der Waals surface area contributed by atoms with Gasteiger partial charge in [-0.1, -0.05) is 171 Å².